The third-order valence-electron chi connectivity index (χ3n) is 4.39. The van der Waals surface area contributed by atoms with Crippen molar-refractivity contribution in [1.29, 1.82) is 0 Å². The molecule has 3 N–H and O–H groups in total. The highest BCUT2D eigenvalue weighted by molar-refractivity contribution is 5.90. The van der Waals surface area contributed by atoms with Crippen LogP contribution in [0.4, 0.5) is 5.69 Å². The highest BCUT2D eigenvalue weighted by Crippen LogP contribution is 2.13. The van der Waals surface area contributed by atoms with Gasteiger partial charge in [0.25, 0.3) is 0 Å². The molecule has 0 bridgehead atoms. The fourth-order valence-corrected chi connectivity index (χ4v) is 3.00. The molecule has 0 unspecified atom stereocenters. The van der Waals surface area contributed by atoms with Gasteiger partial charge in [0.15, 0.2) is 5.65 Å². The van der Waals surface area contributed by atoms with E-state index in [1.807, 2.05) is 30.3 Å². The van der Waals surface area contributed by atoms with Gasteiger partial charge in [0.05, 0.1) is 6.54 Å². The lowest BCUT2D eigenvalue weighted by Gasteiger charge is -2.07. The summed E-state index contributed by atoms with van der Waals surface area (Å²) in [6.45, 7) is 1.05. The summed E-state index contributed by atoms with van der Waals surface area (Å²) in [7, 11) is 0. The maximum atomic E-state index is 12.4. The standard InChI is InChI=1S/C20H25N5O2.ClH/c21-12-5-2-1-3-11-19(26)22-17-9-7-8-16(14-17)15-25-20(27)24-13-6-4-10-18(24)23-25;/h4,6-10,13-14H,1-3,5,11-12,15,21H2,(H,22,26);1H. The fourth-order valence-electron chi connectivity index (χ4n) is 3.00. The predicted molar refractivity (Wildman–Crippen MR) is 113 cm³/mol. The number of fused-ring (bicyclic) bond motifs is 1. The Hall–Kier alpha value is -2.64. The molecular formula is C20H26ClN5O2. The third kappa shape index (κ3) is 5.68. The van der Waals surface area contributed by atoms with E-state index in [1.165, 1.54) is 9.08 Å². The van der Waals surface area contributed by atoms with Crippen LogP contribution in [0.15, 0.2) is 53.5 Å². The Balaban J connectivity index is 0.00000280. The third-order valence-corrected chi connectivity index (χ3v) is 4.39. The number of nitrogens with two attached hydrogens (primary N) is 1. The van der Waals surface area contributed by atoms with Gasteiger partial charge in [-0.2, -0.15) is 0 Å². The van der Waals surface area contributed by atoms with Crippen molar-refractivity contribution in [1.82, 2.24) is 14.2 Å². The first-order valence-electron chi connectivity index (χ1n) is 9.30. The number of carbonyl (C=O) groups excluding carboxylic acids is 1. The second-order valence-electron chi connectivity index (χ2n) is 6.57. The zero-order chi connectivity index (χ0) is 19.1. The minimum absolute atomic E-state index is 0. The van der Waals surface area contributed by atoms with Crippen molar-refractivity contribution < 1.29 is 4.79 Å². The summed E-state index contributed by atoms with van der Waals surface area (Å²) < 4.78 is 2.93. The molecule has 0 radical (unpaired) electrons. The molecule has 0 aliphatic heterocycles. The van der Waals surface area contributed by atoms with Crippen molar-refractivity contribution in [3.8, 4) is 0 Å². The second kappa shape index (κ2) is 10.6. The molecular weight excluding hydrogens is 378 g/mol. The predicted octanol–water partition coefficient (Wildman–Crippen LogP) is 2.81. The van der Waals surface area contributed by atoms with Gasteiger partial charge in [0.1, 0.15) is 0 Å². The Kier molecular flexibility index (Phi) is 8.22. The van der Waals surface area contributed by atoms with Crippen LogP contribution in [0.25, 0.3) is 5.65 Å². The number of benzene rings is 1. The number of pyridine rings is 1. The van der Waals surface area contributed by atoms with Gasteiger partial charge < -0.3 is 11.1 Å². The quantitative estimate of drug-likeness (QED) is 0.537. The van der Waals surface area contributed by atoms with Crippen LogP contribution in [-0.4, -0.2) is 26.6 Å². The zero-order valence-electron chi connectivity index (χ0n) is 15.7. The van der Waals surface area contributed by atoms with Crippen LogP contribution in [0.2, 0.25) is 0 Å². The van der Waals surface area contributed by atoms with E-state index in [-0.39, 0.29) is 24.0 Å². The summed E-state index contributed by atoms with van der Waals surface area (Å²) in [6.07, 6.45) is 6.15. The van der Waals surface area contributed by atoms with Crippen molar-refractivity contribution in [2.75, 3.05) is 11.9 Å². The maximum absolute atomic E-state index is 12.4. The minimum Gasteiger partial charge on any atom is -0.330 e. The van der Waals surface area contributed by atoms with E-state index in [9.17, 15) is 9.59 Å². The van der Waals surface area contributed by atoms with Crippen molar-refractivity contribution in [2.24, 2.45) is 5.73 Å². The Labute approximate surface area is 170 Å². The largest absolute Gasteiger partial charge is 0.350 e. The monoisotopic (exact) mass is 403 g/mol. The van der Waals surface area contributed by atoms with Crippen molar-refractivity contribution in [3.63, 3.8) is 0 Å². The number of nitrogens with one attached hydrogen (secondary N) is 1. The first kappa shape index (κ1) is 21.7. The van der Waals surface area contributed by atoms with Gasteiger partial charge in [-0.25, -0.2) is 9.48 Å². The smallest absolute Gasteiger partial charge is 0.330 e. The fraction of sp³-hybridized carbons (Fsp3) is 0.350. The van der Waals surface area contributed by atoms with E-state index >= 15 is 0 Å². The summed E-state index contributed by atoms with van der Waals surface area (Å²) in [6, 6.07) is 12.9. The van der Waals surface area contributed by atoms with Crippen LogP contribution in [-0.2, 0) is 11.3 Å². The van der Waals surface area contributed by atoms with E-state index < -0.39 is 0 Å². The number of anilines is 1. The number of halogens is 1. The topological polar surface area (TPSA) is 94.4 Å². The van der Waals surface area contributed by atoms with Crippen LogP contribution in [0.5, 0.6) is 0 Å². The molecule has 2 heterocycles. The Bertz CT molecular complexity index is 966. The van der Waals surface area contributed by atoms with Gasteiger partial charge in [-0.15, -0.1) is 17.5 Å². The molecule has 3 rings (SSSR count). The van der Waals surface area contributed by atoms with E-state index in [2.05, 4.69) is 10.4 Å². The number of hydrogen-bond donors (Lipinski definition) is 2. The molecule has 1 aromatic carbocycles. The number of amides is 1. The minimum atomic E-state index is -0.183. The van der Waals surface area contributed by atoms with E-state index in [4.69, 9.17) is 5.73 Å². The number of carbonyl (C=O) groups is 1. The molecule has 0 saturated heterocycles. The number of unbranched alkanes of at least 4 members (excludes halogenated alkanes) is 3. The SMILES string of the molecule is Cl.NCCCCCCC(=O)Nc1cccc(Cn2nc3ccccn3c2=O)c1. The lowest BCUT2D eigenvalue weighted by atomic mass is 10.1. The lowest BCUT2D eigenvalue weighted by Crippen LogP contribution is -2.21. The Morgan fingerprint density at radius 3 is 2.68 bits per heavy atom. The van der Waals surface area contributed by atoms with Crippen LogP contribution in [0.1, 0.15) is 37.7 Å². The molecule has 7 nitrogen and oxygen atoms in total. The molecule has 1 amide bonds. The molecule has 28 heavy (non-hydrogen) atoms. The molecule has 0 aliphatic carbocycles. The highest BCUT2D eigenvalue weighted by Gasteiger charge is 2.08. The summed E-state index contributed by atoms with van der Waals surface area (Å²) in [5, 5.41) is 7.26. The van der Waals surface area contributed by atoms with Crippen molar-refractivity contribution in [2.45, 2.75) is 38.6 Å². The summed E-state index contributed by atoms with van der Waals surface area (Å²) in [4.78, 5) is 24.5. The van der Waals surface area contributed by atoms with Gasteiger partial charge in [0, 0.05) is 18.3 Å². The summed E-state index contributed by atoms with van der Waals surface area (Å²) >= 11 is 0. The van der Waals surface area contributed by atoms with Crippen molar-refractivity contribution in [3.05, 3.63) is 64.7 Å². The van der Waals surface area contributed by atoms with E-state index in [0.717, 1.165) is 36.9 Å². The number of aromatic nitrogens is 3. The van der Waals surface area contributed by atoms with E-state index in [1.54, 1.807) is 18.3 Å². The van der Waals surface area contributed by atoms with E-state index in [0.29, 0.717) is 25.2 Å². The average Bonchev–Trinajstić information content (AvgIpc) is 2.98. The van der Waals surface area contributed by atoms with Crippen LogP contribution in [0.3, 0.4) is 0 Å². The van der Waals surface area contributed by atoms with Crippen LogP contribution >= 0.6 is 12.4 Å². The first-order valence-corrected chi connectivity index (χ1v) is 9.30. The van der Waals surface area contributed by atoms with Gasteiger partial charge in [-0.1, -0.05) is 31.0 Å². The second-order valence-corrected chi connectivity index (χ2v) is 6.57. The summed E-state index contributed by atoms with van der Waals surface area (Å²) in [5.74, 6) is 0.00444. The Morgan fingerprint density at radius 1 is 1.07 bits per heavy atom. The van der Waals surface area contributed by atoms with Gasteiger partial charge in [0.2, 0.25) is 5.91 Å². The Morgan fingerprint density at radius 2 is 1.89 bits per heavy atom. The molecule has 8 heteroatoms. The molecule has 0 aliphatic rings. The first-order chi connectivity index (χ1) is 13.2. The van der Waals surface area contributed by atoms with Crippen molar-refractivity contribution >= 4 is 29.6 Å². The maximum Gasteiger partial charge on any atom is 0.350 e. The number of rotatable bonds is 9. The number of hydrogen-bond acceptors (Lipinski definition) is 4. The van der Waals surface area contributed by atoms with Gasteiger partial charge in [-0.3, -0.25) is 9.20 Å². The zero-order valence-corrected chi connectivity index (χ0v) is 16.5. The molecule has 0 saturated carbocycles. The van der Waals surface area contributed by atoms with Gasteiger partial charge >= 0.3 is 5.69 Å². The molecule has 2 aromatic heterocycles. The molecule has 0 fully saturated rings. The molecule has 3 aromatic rings. The van der Waals surface area contributed by atoms with Crippen LogP contribution < -0.4 is 16.7 Å². The molecule has 150 valence electrons. The normalized spacial score (nSPS) is 10.6. The van der Waals surface area contributed by atoms with Crippen LogP contribution in [0, 0.1) is 0 Å². The number of nitrogens with zero attached hydrogens (tertiary/aromatic N) is 3. The molecule has 0 spiro atoms. The lowest BCUT2D eigenvalue weighted by molar-refractivity contribution is -0.116. The highest BCUT2D eigenvalue weighted by atomic mass is 35.5. The molecule has 0 atom stereocenters. The summed E-state index contributed by atoms with van der Waals surface area (Å²) in [5.41, 5.74) is 7.53. The average molecular weight is 404 g/mol. The van der Waals surface area contributed by atoms with Gasteiger partial charge in [-0.05, 0) is 49.2 Å².